The Hall–Kier alpha value is -1.64. The topological polar surface area (TPSA) is 114 Å². The highest BCUT2D eigenvalue weighted by atomic mass is 16.6. The molecule has 0 bridgehead atoms. The van der Waals surface area contributed by atoms with Gasteiger partial charge in [-0.05, 0) is 0 Å². The highest BCUT2D eigenvalue weighted by Crippen LogP contribution is 2.38. The van der Waals surface area contributed by atoms with E-state index in [1.165, 1.54) is 0 Å². The third-order valence-corrected chi connectivity index (χ3v) is 2.94. The number of hydrogen-bond donors (Lipinski definition) is 3. The predicted molar refractivity (Wildman–Crippen MR) is 52.7 cm³/mol. The monoisotopic (exact) mass is 242 g/mol. The van der Waals surface area contributed by atoms with E-state index in [9.17, 15) is 14.7 Å². The molecule has 3 heterocycles. The number of aliphatic hydroxyl groups excluding tert-OH is 2. The van der Waals surface area contributed by atoms with Crippen LogP contribution in [-0.2, 0) is 4.74 Å². The zero-order valence-electron chi connectivity index (χ0n) is 8.57. The van der Waals surface area contributed by atoms with Crippen molar-refractivity contribution >= 4 is 0 Å². The quantitative estimate of drug-likeness (QED) is 0.503. The standard InChI is InChI=1S/C9H10N2O6/c12-2-3-6(14)7-8(16-3)11-5(17-7)1-4(13)10-9(11)15/h1,3,6-8,12,14H,2H2,(H,10,13,15)/t3-,6-,7-,8-/m1/s1. The smallest absolute Gasteiger partial charge is 0.333 e. The Morgan fingerprint density at radius 3 is 2.94 bits per heavy atom. The minimum absolute atomic E-state index is 0.0594. The molecule has 0 aromatic carbocycles. The van der Waals surface area contributed by atoms with Crippen molar-refractivity contribution in [3.05, 3.63) is 26.9 Å². The lowest BCUT2D eigenvalue weighted by Gasteiger charge is -2.14. The van der Waals surface area contributed by atoms with E-state index in [1.807, 2.05) is 0 Å². The largest absolute Gasteiger partial charge is 0.467 e. The molecule has 1 fully saturated rings. The first kappa shape index (κ1) is 10.5. The summed E-state index contributed by atoms with van der Waals surface area (Å²) in [4.78, 5) is 24.7. The van der Waals surface area contributed by atoms with Crippen LogP contribution < -0.4 is 16.0 Å². The molecule has 0 spiro atoms. The van der Waals surface area contributed by atoms with Crippen molar-refractivity contribution in [1.29, 1.82) is 0 Å². The summed E-state index contributed by atoms with van der Waals surface area (Å²) >= 11 is 0. The van der Waals surface area contributed by atoms with Crippen molar-refractivity contribution in [2.75, 3.05) is 6.61 Å². The number of aromatic amines is 1. The first-order valence-electron chi connectivity index (χ1n) is 5.08. The van der Waals surface area contributed by atoms with Gasteiger partial charge in [0.2, 0.25) is 5.88 Å². The van der Waals surface area contributed by atoms with E-state index in [0.29, 0.717) is 0 Å². The molecule has 0 saturated carbocycles. The number of rotatable bonds is 1. The van der Waals surface area contributed by atoms with Crippen molar-refractivity contribution in [2.24, 2.45) is 0 Å². The zero-order valence-corrected chi connectivity index (χ0v) is 8.57. The maximum atomic E-state index is 11.6. The summed E-state index contributed by atoms with van der Waals surface area (Å²) in [6.07, 6.45) is -3.44. The zero-order chi connectivity index (χ0) is 12.2. The Morgan fingerprint density at radius 1 is 1.47 bits per heavy atom. The molecule has 0 amide bonds. The fourth-order valence-electron chi connectivity index (χ4n) is 2.16. The number of H-pyrrole nitrogens is 1. The van der Waals surface area contributed by atoms with Crippen molar-refractivity contribution < 1.29 is 19.7 Å². The number of nitrogens with zero attached hydrogens (tertiary/aromatic N) is 1. The molecule has 1 saturated heterocycles. The van der Waals surface area contributed by atoms with Gasteiger partial charge in [-0.2, -0.15) is 0 Å². The van der Waals surface area contributed by atoms with Gasteiger partial charge in [0.1, 0.15) is 12.2 Å². The summed E-state index contributed by atoms with van der Waals surface area (Å²) in [5, 5.41) is 18.7. The number of nitrogens with one attached hydrogen (secondary N) is 1. The van der Waals surface area contributed by atoms with Gasteiger partial charge in [-0.15, -0.1) is 0 Å². The fraction of sp³-hybridized carbons (Fsp3) is 0.556. The number of aromatic nitrogens is 2. The van der Waals surface area contributed by atoms with Gasteiger partial charge in [-0.1, -0.05) is 0 Å². The van der Waals surface area contributed by atoms with E-state index >= 15 is 0 Å². The minimum atomic E-state index is -1.04. The Balaban J connectivity index is 2.08. The molecule has 3 rings (SSSR count). The molecule has 0 aliphatic carbocycles. The Morgan fingerprint density at radius 2 is 2.24 bits per heavy atom. The number of fused-ring (bicyclic) bond motifs is 3. The molecule has 1 aromatic rings. The van der Waals surface area contributed by atoms with Gasteiger partial charge in [0, 0.05) is 0 Å². The normalized spacial score (nSPS) is 34.2. The van der Waals surface area contributed by atoms with Crippen LogP contribution in [0.25, 0.3) is 0 Å². The van der Waals surface area contributed by atoms with Crippen LogP contribution >= 0.6 is 0 Å². The molecule has 8 nitrogen and oxygen atoms in total. The Bertz CT molecular complexity index is 563. The first-order valence-corrected chi connectivity index (χ1v) is 5.08. The van der Waals surface area contributed by atoms with Gasteiger partial charge in [-0.3, -0.25) is 9.78 Å². The van der Waals surface area contributed by atoms with Gasteiger partial charge >= 0.3 is 5.69 Å². The van der Waals surface area contributed by atoms with Crippen LogP contribution in [0.4, 0.5) is 0 Å². The first-order chi connectivity index (χ1) is 8.11. The van der Waals surface area contributed by atoms with Crippen molar-refractivity contribution in [3.63, 3.8) is 0 Å². The number of ether oxygens (including phenoxy) is 2. The third kappa shape index (κ3) is 1.35. The predicted octanol–water partition coefficient (Wildman–Crippen LogP) is -2.45. The second-order valence-electron chi connectivity index (χ2n) is 3.97. The summed E-state index contributed by atoms with van der Waals surface area (Å²) in [5.74, 6) is 0.0594. The van der Waals surface area contributed by atoms with Crippen LogP contribution in [0.3, 0.4) is 0 Å². The van der Waals surface area contributed by atoms with Gasteiger partial charge in [-0.25, -0.2) is 9.36 Å². The van der Waals surface area contributed by atoms with E-state index in [2.05, 4.69) is 4.98 Å². The Kier molecular flexibility index (Phi) is 2.12. The molecule has 0 unspecified atom stereocenters. The lowest BCUT2D eigenvalue weighted by Crippen LogP contribution is -2.34. The molecule has 17 heavy (non-hydrogen) atoms. The number of aliphatic hydroxyl groups is 2. The lowest BCUT2D eigenvalue weighted by molar-refractivity contribution is -0.0445. The molecular formula is C9H10N2O6. The SMILES string of the molecule is O=c1cc2n(c(=O)[nH]1)[C@@H]1O[C@H](CO)[C@@H](O)[C@H]1O2. The summed E-state index contributed by atoms with van der Waals surface area (Å²) in [7, 11) is 0. The van der Waals surface area contributed by atoms with Gasteiger partial charge in [0.15, 0.2) is 12.3 Å². The van der Waals surface area contributed by atoms with Crippen LogP contribution in [0.2, 0.25) is 0 Å². The maximum absolute atomic E-state index is 11.6. The molecule has 0 radical (unpaired) electrons. The highest BCUT2D eigenvalue weighted by molar-refractivity contribution is 5.17. The van der Waals surface area contributed by atoms with E-state index in [0.717, 1.165) is 10.6 Å². The summed E-state index contributed by atoms with van der Waals surface area (Å²) in [6, 6.07) is 1.11. The van der Waals surface area contributed by atoms with Crippen LogP contribution in [0, 0.1) is 0 Å². The maximum Gasteiger partial charge on any atom is 0.333 e. The second kappa shape index (κ2) is 3.42. The molecule has 1 aromatic heterocycles. The summed E-state index contributed by atoms with van der Waals surface area (Å²) in [5.41, 5.74) is -1.24. The van der Waals surface area contributed by atoms with Crippen LogP contribution in [0.15, 0.2) is 15.7 Å². The average Bonchev–Trinajstić information content (AvgIpc) is 2.75. The Labute approximate surface area is 94.0 Å². The molecule has 3 N–H and O–H groups in total. The van der Waals surface area contributed by atoms with E-state index in [-0.39, 0.29) is 12.5 Å². The minimum Gasteiger partial charge on any atom is -0.467 e. The van der Waals surface area contributed by atoms with Crippen molar-refractivity contribution in [3.8, 4) is 5.88 Å². The molecular weight excluding hydrogens is 232 g/mol. The molecule has 8 heteroatoms. The van der Waals surface area contributed by atoms with Crippen molar-refractivity contribution in [2.45, 2.75) is 24.5 Å². The van der Waals surface area contributed by atoms with Crippen LogP contribution in [0.1, 0.15) is 6.23 Å². The third-order valence-electron chi connectivity index (χ3n) is 2.94. The highest BCUT2D eigenvalue weighted by Gasteiger charge is 2.51. The molecule has 4 atom stereocenters. The average molecular weight is 242 g/mol. The van der Waals surface area contributed by atoms with E-state index in [4.69, 9.17) is 14.6 Å². The molecule has 2 aliphatic heterocycles. The molecule has 92 valence electrons. The fourth-order valence-corrected chi connectivity index (χ4v) is 2.16. The lowest BCUT2D eigenvalue weighted by atomic mass is 10.1. The van der Waals surface area contributed by atoms with E-state index < -0.39 is 35.8 Å². The van der Waals surface area contributed by atoms with Crippen LogP contribution in [0.5, 0.6) is 5.88 Å². The molecule has 2 aliphatic rings. The second-order valence-corrected chi connectivity index (χ2v) is 3.97. The van der Waals surface area contributed by atoms with Gasteiger partial charge in [0.25, 0.3) is 5.56 Å². The van der Waals surface area contributed by atoms with Gasteiger partial charge < -0.3 is 19.7 Å². The summed E-state index contributed by atoms with van der Waals surface area (Å²) < 4.78 is 11.7. The summed E-state index contributed by atoms with van der Waals surface area (Å²) in [6.45, 7) is -0.370. The van der Waals surface area contributed by atoms with Crippen molar-refractivity contribution in [1.82, 2.24) is 9.55 Å². The van der Waals surface area contributed by atoms with E-state index in [1.54, 1.807) is 0 Å². The van der Waals surface area contributed by atoms with Crippen LogP contribution in [-0.4, -0.2) is 44.7 Å². The van der Waals surface area contributed by atoms with Gasteiger partial charge in [0.05, 0.1) is 12.7 Å². The number of hydrogen-bond acceptors (Lipinski definition) is 6.